The molecule has 2 aromatic carbocycles. The number of nitrogens with zero attached hydrogens (tertiary/aromatic N) is 2. The third kappa shape index (κ3) is 4.76. The highest BCUT2D eigenvalue weighted by atomic mass is 16.5. The van der Waals surface area contributed by atoms with Crippen LogP contribution in [0.1, 0.15) is 54.1 Å². The Morgan fingerprint density at radius 1 is 1.18 bits per heavy atom. The zero-order chi connectivity index (χ0) is 26.9. The first-order chi connectivity index (χ1) is 19.0. The number of hydrogen-bond donors (Lipinski definition) is 3. The number of hydrogen-bond acceptors (Lipinski definition) is 6. The number of carbonyl (C=O) groups is 2. The monoisotopic (exact) mass is 526 g/mol. The van der Waals surface area contributed by atoms with Gasteiger partial charge in [0.2, 0.25) is 0 Å². The number of imidazole rings is 1. The first-order valence-corrected chi connectivity index (χ1v) is 13.2. The second kappa shape index (κ2) is 10.3. The van der Waals surface area contributed by atoms with Gasteiger partial charge in [-0.05, 0) is 60.9 Å². The van der Waals surface area contributed by atoms with Gasteiger partial charge in [-0.25, -0.2) is 9.78 Å². The lowest BCUT2D eigenvalue weighted by molar-refractivity contribution is -0.142. The molecule has 0 aliphatic heterocycles. The molecule has 39 heavy (non-hydrogen) atoms. The van der Waals surface area contributed by atoms with Crippen molar-refractivity contribution in [1.82, 2.24) is 19.9 Å². The number of nitrogens with one attached hydrogen (secondary N) is 2. The van der Waals surface area contributed by atoms with E-state index < -0.39 is 17.9 Å². The molecule has 200 valence electrons. The Morgan fingerprint density at radius 2 is 2.03 bits per heavy atom. The maximum absolute atomic E-state index is 13.4. The molecule has 1 fully saturated rings. The third-order valence-electron chi connectivity index (χ3n) is 7.64. The number of ether oxygens (including phenoxy) is 1. The fourth-order valence-corrected chi connectivity index (χ4v) is 5.68. The average Bonchev–Trinajstić information content (AvgIpc) is 3.71. The van der Waals surface area contributed by atoms with E-state index in [-0.39, 0.29) is 12.2 Å². The van der Waals surface area contributed by atoms with Crippen LogP contribution in [0.3, 0.4) is 0 Å². The molecule has 1 atom stereocenters. The van der Waals surface area contributed by atoms with Crippen LogP contribution >= 0.6 is 0 Å². The van der Waals surface area contributed by atoms with Crippen LogP contribution in [-0.2, 0) is 16.0 Å². The summed E-state index contributed by atoms with van der Waals surface area (Å²) in [5.74, 6) is 0.00538. The van der Waals surface area contributed by atoms with Gasteiger partial charge in [-0.2, -0.15) is 0 Å². The molecule has 3 N–H and O–H groups in total. The SMILES string of the molecule is COC(=O)C(Cc1c[nH]c2ccc(O)cc12)NC(=O)c1ccc2c(c1)nc(-c1ccoc1)n2C1CCCCC1. The number of carbonyl (C=O) groups excluding carboxylic acids is 2. The van der Waals surface area contributed by atoms with Gasteiger partial charge in [0.25, 0.3) is 5.91 Å². The molecule has 0 spiro atoms. The van der Waals surface area contributed by atoms with Crippen molar-refractivity contribution < 1.29 is 23.8 Å². The average molecular weight is 527 g/mol. The first kappa shape index (κ1) is 24.8. The van der Waals surface area contributed by atoms with Crippen LogP contribution in [0.15, 0.2) is 65.6 Å². The maximum atomic E-state index is 13.4. The Labute approximate surface area is 224 Å². The van der Waals surface area contributed by atoms with E-state index in [1.165, 1.54) is 26.4 Å². The Kier molecular flexibility index (Phi) is 6.56. The van der Waals surface area contributed by atoms with E-state index in [2.05, 4.69) is 14.9 Å². The molecule has 0 saturated heterocycles. The van der Waals surface area contributed by atoms with E-state index in [4.69, 9.17) is 14.1 Å². The van der Waals surface area contributed by atoms with Crippen molar-refractivity contribution in [2.75, 3.05) is 7.11 Å². The highest BCUT2D eigenvalue weighted by Gasteiger charge is 2.26. The van der Waals surface area contributed by atoms with Crippen molar-refractivity contribution in [3.63, 3.8) is 0 Å². The number of phenols is 1. The summed E-state index contributed by atoms with van der Waals surface area (Å²) in [5.41, 5.74) is 4.59. The van der Waals surface area contributed by atoms with Crippen LogP contribution in [0.25, 0.3) is 33.3 Å². The van der Waals surface area contributed by atoms with E-state index in [1.54, 1.807) is 49.1 Å². The molecule has 6 rings (SSSR count). The summed E-state index contributed by atoms with van der Waals surface area (Å²) in [6.45, 7) is 0. The van der Waals surface area contributed by atoms with Crippen molar-refractivity contribution >= 4 is 33.8 Å². The van der Waals surface area contributed by atoms with E-state index in [0.29, 0.717) is 17.1 Å². The van der Waals surface area contributed by atoms with Crippen LogP contribution in [0.4, 0.5) is 0 Å². The number of aromatic hydroxyl groups is 1. The molecule has 1 aliphatic carbocycles. The van der Waals surface area contributed by atoms with Crippen LogP contribution < -0.4 is 5.32 Å². The summed E-state index contributed by atoms with van der Waals surface area (Å²) in [4.78, 5) is 34.1. The number of methoxy groups -OCH3 is 1. The summed E-state index contributed by atoms with van der Waals surface area (Å²) < 4.78 is 12.6. The van der Waals surface area contributed by atoms with Gasteiger partial charge < -0.3 is 29.1 Å². The van der Waals surface area contributed by atoms with Crippen molar-refractivity contribution in [2.24, 2.45) is 0 Å². The molecule has 9 nitrogen and oxygen atoms in total. The van der Waals surface area contributed by atoms with Crippen molar-refractivity contribution in [1.29, 1.82) is 0 Å². The smallest absolute Gasteiger partial charge is 0.328 e. The molecule has 3 heterocycles. The molecular weight excluding hydrogens is 496 g/mol. The predicted octanol–water partition coefficient (Wildman–Crippen LogP) is 5.50. The van der Waals surface area contributed by atoms with Crippen molar-refractivity contribution in [3.05, 3.63) is 72.3 Å². The van der Waals surface area contributed by atoms with Gasteiger partial charge in [-0.3, -0.25) is 4.79 Å². The minimum atomic E-state index is -0.916. The highest BCUT2D eigenvalue weighted by Crippen LogP contribution is 2.36. The van der Waals surface area contributed by atoms with Gasteiger partial charge in [-0.15, -0.1) is 0 Å². The predicted molar refractivity (Wildman–Crippen MR) is 146 cm³/mol. The number of fused-ring (bicyclic) bond motifs is 2. The molecule has 1 amide bonds. The lowest BCUT2D eigenvalue weighted by atomic mass is 9.95. The number of amides is 1. The van der Waals surface area contributed by atoms with Gasteiger partial charge in [0.1, 0.15) is 23.9 Å². The largest absolute Gasteiger partial charge is 0.508 e. The van der Waals surface area contributed by atoms with E-state index in [1.807, 2.05) is 12.1 Å². The fraction of sp³-hybridized carbons (Fsp3) is 0.300. The Morgan fingerprint density at radius 3 is 2.79 bits per heavy atom. The van der Waals surface area contributed by atoms with Gasteiger partial charge >= 0.3 is 5.97 Å². The van der Waals surface area contributed by atoms with Crippen LogP contribution in [0.2, 0.25) is 0 Å². The third-order valence-corrected chi connectivity index (χ3v) is 7.64. The quantitative estimate of drug-likeness (QED) is 0.241. The van der Waals surface area contributed by atoms with Gasteiger partial charge in [0.05, 0.1) is 30.0 Å². The highest BCUT2D eigenvalue weighted by molar-refractivity contribution is 6.00. The van der Waals surface area contributed by atoms with Crippen LogP contribution in [-0.4, -0.2) is 44.7 Å². The number of furan rings is 1. The number of aromatic nitrogens is 3. The summed E-state index contributed by atoms with van der Waals surface area (Å²) in [5, 5.41) is 13.5. The molecule has 1 unspecified atom stereocenters. The zero-order valence-electron chi connectivity index (χ0n) is 21.6. The lowest BCUT2D eigenvalue weighted by Crippen LogP contribution is -2.43. The van der Waals surface area contributed by atoms with Gasteiger partial charge in [0, 0.05) is 35.1 Å². The number of benzene rings is 2. The van der Waals surface area contributed by atoms with E-state index >= 15 is 0 Å². The van der Waals surface area contributed by atoms with E-state index in [0.717, 1.165) is 46.2 Å². The summed E-state index contributed by atoms with van der Waals surface area (Å²) in [6.07, 6.45) is 11.1. The lowest BCUT2D eigenvalue weighted by Gasteiger charge is -2.25. The van der Waals surface area contributed by atoms with Gasteiger partial charge in [-0.1, -0.05) is 19.3 Å². The second-order valence-electron chi connectivity index (χ2n) is 10.1. The number of H-pyrrole nitrogens is 1. The minimum Gasteiger partial charge on any atom is -0.508 e. The summed E-state index contributed by atoms with van der Waals surface area (Å²) in [7, 11) is 1.30. The first-order valence-electron chi connectivity index (χ1n) is 13.2. The molecule has 1 aliphatic rings. The fourth-order valence-electron chi connectivity index (χ4n) is 5.68. The molecule has 1 saturated carbocycles. The second-order valence-corrected chi connectivity index (χ2v) is 10.1. The van der Waals surface area contributed by atoms with E-state index in [9.17, 15) is 14.7 Å². The van der Waals surface area contributed by atoms with Crippen LogP contribution in [0.5, 0.6) is 5.75 Å². The Bertz CT molecular complexity index is 1640. The number of aromatic amines is 1. The molecule has 9 heteroatoms. The van der Waals surface area contributed by atoms with Gasteiger partial charge in [0.15, 0.2) is 0 Å². The Hall–Kier alpha value is -4.53. The molecule has 3 aromatic heterocycles. The number of rotatable bonds is 7. The zero-order valence-corrected chi connectivity index (χ0v) is 21.6. The topological polar surface area (TPSA) is 122 Å². The molecule has 0 radical (unpaired) electrons. The van der Waals surface area contributed by atoms with Crippen molar-refractivity contribution in [2.45, 2.75) is 50.6 Å². The normalized spacial score (nSPS) is 15.0. The van der Waals surface area contributed by atoms with Crippen molar-refractivity contribution in [3.8, 4) is 17.1 Å². The Balaban J connectivity index is 1.30. The summed E-state index contributed by atoms with van der Waals surface area (Å²) in [6, 6.07) is 11.8. The molecule has 0 bridgehead atoms. The number of phenolic OH excluding ortho intramolecular Hbond substituents is 1. The minimum absolute atomic E-state index is 0.123. The molecule has 5 aromatic rings. The maximum Gasteiger partial charge on any atom is 0.328 e. The molecular formula is C30H30N4O5. The number of esters is 1. The summed E-state index contributed by atoms with van der Waals surface area (Å²) >= 11 is 0. The standard InChI is InChI=1S/C30H30N4O5/c1-38-30(37)26(14-20-16-31-24-9-8-22(35)15-23(20)24)33-29(36)18-7-10-27-25(13-18)32-28(19-11-12-39-17-19)34(27)21-5-3-2-4-6-21/h7-13,15-17,21,26,31,35H,2-6,14H2,1H3,(H,33,36). The van der Waals surface area contributed by atoms with Crippen LogP contribution in [0, 0.1) is 0 Å².